The summed E-state index contributed by atoms with van der Waals surface area (Å²) in [5.41, 5.74) is 2.67. The molecule has 2 aromatic carbocycles. The maximum atomic E-state index is 12.8. The number of urea groups is 1. The Balaban J connectivity index is 1.48. The third-order valence-corrected chi connectivity index (χ3v) is 6.63. The van der Waals surface area contributed by atoms with Crippen LogP contribution in [0.3, 0.4) is 0 Å². The SMILES string of the molecule is CC(C)(C)Cc1ccc(NC(=O)[C@H](CC(=O)O)NC(=O)CCC(=O)c2csc(NC(=O)NCc3ccccc3)n2)cc1. The molecule has 1 aromatic heterocycles. The first-order valence-corrected chi connectivity index (χ1v) is 14.2. The number of carboxylic acids is 1. The van der Waals surface area contributed by atoms with Gasteiger partial charge in [-0.2, -0.15) is 0 Å². The highest BCUT2D eigenvalue weighted by Crippen LogP contribution is 2.22. The van der Waals surface area contributed by atoms with E-state index in [-0.39, 0.29) is 29.1 Å². The molecule has 4 amide bonds. The Labute approximate surface area is 248 Å². The highest BCUT2D eigenvalue weighted by atomic mass is 32.1. The number of hydrogen-bond donors (Lipinski definition) is 5. The fourth-order valence-corrected chi connectivity index (χ4v) is 4.64. The van der Waals surface area contributed by atoms with Crippen LogP contribution in [0.1, 0.15) is 61.6 Å². The molecule has 0 spiro atoms. The minimum atomic E-state index is -1.33. The van der Waals surface area contributed by atoms with E-state index in [1.165, 1.54) is 5.38 Å². The van der Waals surface area contributed by atoms with Crippen molar-refractivity contribution >= 4 is 51.8 Å². The van der Waals surface area contributed by atoms with Gasteiger partial charge < -0.3 is 21.1 Å². The minimum Gasteiger partial charge on any atom is -0.481 e. The molecule has 0 aliphatic carbocycles. The lowest BCUT2D eigenvalue weighted by Crippen LogP contribution is -2.45. The van der Waals surface area contributed by atoms with Gasteiger partial charge in [-0.3, -0.25) is 24.5 Å². The van der Waals surface area contributed by atoms with Crippen molar-refractivity contribution in [3.05, 3.63) is 76.8 Å². The summed E-state index contributed by atoms with van der Waals surface area (Å²) in [6.07, 6.45) is -0.269. The highest BCUT2D eigenvalue weighted by molar-refractivity contribution is 7.14. The lowest BCUT2D eigenvalue weighted by Gasteiger charge is -2.19. The van der Waals surface area contributed by atoms with E-state index in [2.05, 4.69) is 47.0 Å². The highest BCUT2D eigenvalue weighted by Gasteiger charge is 2.24. The second-order valence-electron chi connectivity index (χ2n) is 10.9. The summed E-state index contributed by atoms with van der Waals surface area (Å²) in [6.45, 7) is 6.69. The van der Waals surface area contributed by atoms with Gasteiger partial charge >= 0.3 is 12.0 Å². The molecule has 0 bridgehead atoms. The summed E-state index contributed by atoms with van der Waals surface area (Å²) in [5.74, 6) is -3.03. The van der Waals surface area contributed by atoms with Gasteiger partial charge in [0.05, 0.1) is 6.42 Å². The molecule has 3 aromatic rings. The van der Waals surface area contributed by atoms with Gasteiger partial charge in [0.1, 0.15) is 11.7 Å². The third-order valence-electron chi connectivity index (χ3n) is 5.87. The number of hydrogen-bond acceptors (Lipinski definition) is 7. The van der Waals surface area contributed by atoms with E-state index in [9.17, 15) is 29.1 Å². The molecule has 0 fully saturated rings. The van der Waals surface area contributed by atoms with Crippen LogP contribution in [0.2, 0.25) is 0 Å². The average molecular weight is 594 g/mol. The normalized spacial score (nSPS) is 11.7. The zero-order valence-electron chi connectivity index (χ0n) is 23.7. The van der Waals surface area contributed by atoms with Gasteiger partial charge in [0.15, 0.2) is 10.9 Å². The lowest BCUT2D eigenvalue weighted by atomic mass is 9.88. The fourth-order valence-electron chi connectivity index (χ4n) is 3.93. The van der Waals surface area contributed by atoms with Crippen LogP contribution < -0.4 is 21.3 Å². The van der Waals surface area contributed by atoms with Crippen LogP contribution >= 0.6 is 11.3 Å². The number of aliphatic carboxylic acids is 1. The van der Waals surface area contributed by atoms with Crippen molar-refractivity contribution in [1.82, 2.24) is 15.6 Å². The van der Waals surface area contributed by atoms with Crippen molar-refractivity contribution in [3.63, 3.8) is 0 Å². The standard InChI is InChI=1S/C30H35N5O6S/c1-30(2,3)16-19-9-11-21(12-10-19)32-27(40)22(15-26(38)39)33-25(37)14-13-24(36)23-18-42-29(34-23)35-28(41)31-17-20-7-5-4-6-8-20/h4-12,18,22H,13-17H2,1-3H3,(H,32,40)(H,33,37)(H,38,39)(H2,31,34,35,41)/t22-/m0/s1. The van der Waals surface area contributed by atoms with Crippen molar-refractivity contribution in [2.24, 2.45) is 5.41 Å². The second kappa shape index (κ2) is 14.9. The quantitative estimate of drug-likeness (QED) is 0.180. The molecule has 42 heavy (non-hydrogen) atoms. The molecular formula is C30H35N5O6S. The summed E-state index contributed by atoms with van der Waals surface area (Å²) < 4.78 is 0. The predicted molar refractivity (Wildman–Crippen MR) is 160 cm³/mol. The smallest absolute Gasteiger partial charge is 0.321 e. The van der Waals surface area contributed by atoms with Crippen LogP contribution in [0.15, 0.2) is 60.0 Å². The molecule has 0 aliphatic rings. The lowest BCUT2D eigenvalue weighted by molar-refractivity contribution is -0.139. The number of carboxylic acid groups (broad SMARTS) is 1. The fraction of sp³-hybridized carbons (Fsp3) is 0.333. The molecule has 0 radical (unpaired) electrons. The van der Waals surface area contributed by atoms with E-state index in [0.29, 0.717) is 12.2 Å². The van der Waals surface area contributed by atoms with Crippen molar-refractivity contribution in [2.75, 3.05) is 10.6 Å². The molecule has 222 valence electrons. The van der Waals surface area contributed by atoms with Gasteiger partial charge in [0, 0.05) is 30.5 Å². The molecule has 11 nitrogen and oxygen atoms in total. The number of aromatic nitrogens is 1. The summed E-state index contributed by atoms with van der Waals surface area (Å²) >= 11 is 1.07. The first-order chi connectivity index (χ1) is 19.9. The van der Waals surface area contributed by atoms with E-state index in [1.54, 1.807) is 12.1 Å². The van der Waals surface area contributed by atoms with E-state index >= 15 is 0 Å². The van der Waals surface area contributed by atoms with Crippen molar-refractivity contribution in [2.45, 2.75) is 59.0 Å². The number of thiazole rings is 1. The molecule has 0 saturated carbocycles. The van der Waals surface area contributed by atoms with Gasteiger partial charge in [-0.15, -0.1) is 11.3 Å². The van der Waals surface area contributed by atoms with Crippen LogP contribution in [0.4, 0.5) is 15.6 Å². The number of ketones is 1. The predicted octanol–water partition coefficient (Wildman–Crippen LogP) is 4.61. The molecular weight excluding hydrogens is 558 g/mol. The van der Waals surface area contributed by atoms with Gasteiger partial charge in [0.2, 0.25) is 11.8 Å². The van der Waals surface area contributed by atoms with Gasteiger partial charge in [-0.1, -0.05) is 63.2 Å². The Hall–Kier alpha value is -4.58. The van der Waals surface area contributed by atoms with E-state index in [1.807, 2.05) is 42.5 Å². The van der Waals surface area contributed by atoms with Crippen molar-refractivity contribution < 1.29 is 29.1 Å². The number of carbonyl (C=O) groups is 5. The van der Waals surface area contributed by atoms with Gasteiger partial charge in [-0.05, 0) is 35.1 Å². The third kappa shape index (κ3) is 11.1. The molecule has 1 heterocycles. The van der Waals surface area contributed by atoms with Gasteiger partial charge in [-0.25, -0.2) is 9.78 Å². The van der Waals surface area contributed by atoms with Crippen LogP contribution in [0, 0.1) is 5.41 Å². The van der Waals surface area contributed by atoms with E-state index < -0.39 is 42.1 Å². The van der Waals surface area contributed by atoms with Gasteiger partial charge in [0.25, 0.3) is 0 Å². The number of anilines is 2. The van der Waals surface area contributed by atoms with Crippen LogP contribution in [-0.4, -0.2) is 45.7 Å². The molecule has 5 N–H and O–H groups in total. The number of Topliss-reactive ketones (excluding diaryl/α,β-unsaturated/α-hetero) is 1. The number of nitrogens with one attached hydrogen (secondary N) is 4. The first kappa shape index (κ1) is 31.9. The zero-order valence-corrected chi connectivity index (χ0v) is 24.5. The Morgan fingerprint density at radius 3 is 2.24 bits per heavy atom. The number of carbonyl (C=O) groups excluding carboxylic acids is 4. The van der Waals surface area contributed by atoms with Crippen LogP contribution in [0.5, 0.6) is 0 Å². The number of rotatable bonds is 13. The molecule has 1 atom stereocenters. The van der Waals surface area contributed by atoms with E-state index in [4.69, 9.17) is 0 Å². The largest absolute Gasteiger partial charge is 0.481 e. The second-order valence-corrected chi connectivity index (χ2v) is 11.8. The number of amides is 4. The van der Waals surface area contributed by atoms with Crippen LogP contribution in [-0.2, 0) is 27.3 Å². The molecule has 0 saturated heterocycles. The monoisotopic (exact) mass is 593 g/mol. The van der Waals surface area contributed by atoms with Crippen LogP contribution in [0.25, 0.3) is 0 Å². The zero-order chi connectivity index (χ0) is 30.7. The Kier molecular flexibility index (Phi) is 11.3. The average Bonchev–Trinajstić information content (AvgIpc) is 3.39. The topological polar surface area (TPSA) is 167 Å². The molecule has 0 unspecified atom stereocenters. The Morgan fingerprint density at radius 1 is 0.905 bits per heavy atom. The maximum Gasteiger partial charge on any atom is 0.321 e. The Morgan fingerprint density at radius 2 is 1.60 bits per heavy atom. The minimum absolute atomic E-state index is 0.0842. The van der Waals surface area contributed by atoms with Crippen molar-refractivity contribution in [3.8, 4) is 0 Å². The number of nitrogens with zero attached hydrogens (tertiary/aromatic N) is 1. The maximum absolute atomic E-state index is 12.8. The summed E-state index contributed by atoms with van der Waals surface area (Å²) in [5, 5.41) is 21.3. The van der Waals surface area contributed by atoms with Crippen molar-refractivity contribution in [1.29, 1.82) is 0 Å². The summed E-state index contributed by atoms with van der Waals surface area (Å²) in [6, 6.07) is 14.8. The molecule has 0 aliphatic heterocycles. The summed E-state index contributed by atoms with van der Waals surface area (Å²) in [7, 11) is 0. The number of benzene rings is 2. The molecule has 3 rings (SSSR count). The molecule has 12 heteroatoms. The first-order valence-electron chi connectivity index (χ1n) is 13.4. The summed E-state index contributed by atoms with van der Waals surface area (Å²) in [4.78, 5) is 65.4. The Bertz CT molecular complexity index is 1400. The van der Waals surface area contributed by atoms with E-state index in [0.717, 1.165) is 28.9 Å².